The highest BCUT2D eigenvalue weighted by molar-refractivity contribution is 4.76. The summed E-state index contributed by atoms with van der Waals surface area (Å²) in [4.78, 5) is 0. The fourth-order valence-corrected chi connectivity index (χ4v) is 3.22. The molecular formula is C22H45N. The topological polar surface area (TPSA) is 26.0 Å². The van der Waals surface area contributed by atoms with Crippen molar-refractivity contribution in [2.24, 2.45) is 5.73 Å². The Kier molecular flexibility index (Phi) is 21.4. The van der Waals surface area contributed by atoms with Crippen molar-refractivity contribution in [2.75, 3.05) is 6.54 Å². The van der Waals surface area contributed by atoms with Crippen molar-refractivity contribution in [2.45, 2.75) is 122 Å². The molecule has 23 heavy (non-hydrogen) atoms. The van der Waals surface area contributed by atoms with Crippen LogP contribution in [-0.2, 0) is 0 Å². The second-order valence-electron chi connectivity index (χ2n) is 7.16. The average molecular weight is 324 g/mol. The normalized spacial score (nSPS) is 11.6. The van der Waals surface area contributed by atoms with Crippen LogP contribution in [0.1, 0.15) is 122 Å². The van der Waals surface area contributed by atoms with Gasteiger partial charge in [-0.1, -0.05) is 108 Å². The van der Waals surface area contributed by atoms with Crippen LogP contribution in [0.25, 0.3) is 0 Å². The molecule has 1 nitrogen and oxygen atoms in total. The largest absolute Gasteiger partial charge is 0.330 e. The SMILES string of the molecule is CC=CCCCCCCCCCCCCCCCCCCCN. The molecule has 2 N–H and O–H groups in total. The van der Waals surface area contributed by atoms with Gasteiger partial charge in [0.2, 0.25) is 0 Å². The second kappa shape index (κ2) is 21.7. The van der Waals surface area contributed by atoms with E-state index in [4.69, 9.17) is 5.73 Å². The van der Waals surface area contributed by atoms with Crippen LogP contribution < -0.4 is 5.73 Å². The Morgan fingerprint density at radius 2 is 0.783 bits per heavy atom. The molecule has 0 aliphatic rings. The van der Waals surface area contributed by atoms with Gasteiger partial charge in [0, 0.05) is 0 Å². The first kappa shape index (κ1) is 22.7. The maximum absolute atomic E-state index is 5.50. The molecule has 0 bridgehead atoms. The molecule has 0 atom stereocenters. The minimum Gasteiger partial charge on any atom is -0.330 e. The van der Waals surface area contributed by atoms with Crippen molar-refractivity contribution < 1.29 is 0 Å². The molecule has 138 valence electrons. The Labute approximate surface area is 147 Å². The summed E-state index contributed by atoms with van der Waals surface area (Å²) in [6.07, 6.45) is 30.0. The standard InChI is InChI=1S/C22H45N/c1-2-3-4-5-6-7-8-9-10-11-12-13-14-15-16-17-18-19-20-21-22-23/h2-3H,4-23H2,1H3. The van der Waals surface area contributed by atoms with E-state index in [1.54, 1.807) is 0 Å². The van der Waals surface area contributed by atoms with Crippen LogP contribution in [0.5, 0.6) is 0 Å². The van der Waals surface area contributed by atoms with Gasteiger partial charge >= 0.3 is 0 Å². The van der Waals surface area contributed by atoms with Crippen molar-refractivity contribution in [1.29, 1.82) is 0 Å². The van der Waals surface area contributed by atoms with Gasteiger partial charge in [0.15, 0.2) is 0 Å². The molecule has 0 amide bonds. The monoisotopic (exact) mass is 323 g/mol. The van der Waals surface area contributed by atoms with Crippen molar-refractivity contribution in [3.8, 4) is 0 Å². The lowest BCUT2D eigenvalue weighted by atomic mass is 10.0. The Morgan fingerprint density at radius 3 is 1.09 bits per heavy atom. The Hall–Kier alpha value is -0.300. The van der Waals surface area contributed by atoms with E-state index in [2.05, 4.69) is 19.1 Å². The Bertz CT molecular complexity index is 222. The van der Waals surface area contributed by atoms with Gasteiger partial charge in [0.1, 0.15) is 0 Å². The first-order chi connectivity index (χ1) is 11.4. The average Bonchev–Trinajstić information content (AvgIpc) is 2.57. The van der Waals surface area contributed by atoms with Gasteiger partial charge in [-0.05, 0) is 32.7 Å². The maximum atomic E-state index is 5.50. The first-order valence-electron chi connectivity index (χ1n) is 10.7. The van der Waals surface area contributed by atoms with E-state index < -0.39 is 0 Å². The van der Waals surface area contributed by atoms with Crippen LogP contribution in [0.4, 0.5) is 0 Å². The lowest BCUT2D eigenvalue weighted by Crippen LogP contribution is -1.97. The first-order valence-corrected chi connectivity index (χ1v) is 10.7. The van der Waals surface area contributed by atoms with Gasteiger partial charge in [-0.25, -0.2) is 0 Å². The highest BCUT2D eigenvalue weighted by atomic mass is 14.5. The molecule has 0 aliphatic carbocycles. The molecule has 0 fully saturated rings. The molecule has 0 aliphatic heterocycles. The summed E-state index contributed by atoms with van der Waals surface area (Å²) in [6.45, 7) is 2.99. The predicted molar refractivity (Wildman–Crippen MR) is 107 cm³/mol. The molecule has 0 saturated heterocycles. The van der Waals surface area contributed by atoms with Crippen LogP contribution in [0.3, 0.4) is 0 Å². The molecule has 0 heterocycles. The van der Waals surface area contributed by atoms with Crippen molar-refractivity contribution in [1.82, 2.24) is 0 Å². The number of allylic oxidation sites excluding steroid dienone is 2. The van der Waals surface area contributed by atoms with Gasteiger partial charge in [-0.3, -0.25) is 0 Å². The lowest BCUT2D eigenvalue weighted by Gasteiger charge is -2.03. The van der Waals surface area contributed by atoms with Gasteiger partial charge in [-0.2, -0.15) is 0 Å². The third kappa shape index (κ3) is 21.7. The van der Waals surface area contributed by atoms with Crippen LogP contribution in [0.2, 0.25) is 0 Å². The maximum Gasteiger partial charge on any atom is -0.00773 e. The van der Waals surface area contributed by atoms with E-state index in [0.717, 1.165) is 6.54 Å². The van der Waals surface area contributed by atoms with Crippen LogP contribution in [0, 0.1) is 0 Å². The van der Waals surface area contributed by atoms with Crippen LogP contribution in [0.15, 0.2) is 12.2 Å². The van der Waals surface area contributed by atoms with Gasteiger partial charge in [-0.15, -0.1) is 0 Å². The molecule has 1 heteroatoms. The summed E-state index contributed by atoms with van der Waals surface area (Å²) in [5.41, 5.74) is 5.50. The number of rotatable bonds is 19. The molecule has 0 aromatic rings. The summed E-state index contributed by atoms with van der Waals surface area (Å²) in [6, 6.07) is 0. The molecule has 0 aromatic carbocycles. The predicted octanol–water partition coefficient (Wildman–Crippen LogP) is 7.54. The summed E-state index contributed by atoms with van der Waals surface area (Å²) < 4.78 is 0. The highest BCUT2D eigenvalue weighted by Gasteiger charge is 1.94. The van der Waals surface area contributed by atoms with Crippen molar-refractivity contribution in [3.05, 3.63) is 12.2 Å². The number of hydrogen-bond donors (Lipinski definition) is 1. The molecule has 0 spiro atoms. The summed E-state index contributed by atoms with van der Waals surface area (Å²) >= 11 is 0. The smallest absolute Gasteiger partial charge is 0.00773 e. The molecule has 0 unspecified atom stereocenters. The van der Waals surface area contributed by atoms with Crippen molar-refractivity contribution >= 4 is 0 Å². The van der Waals surface area contributed by atoms with E-state index >= 15 is 0 Å². The summed E-state index contributed by atoms with van der Waals surface area (Å²) in [7, 11) is 0. The number of unbranched alkanes of at least 4 members (excludes halogenated alkanes) is 17. The molecule has 0 saturated carbocycles. The van der Waals surface area contributed by atoms with E-state index in [-0.39, 0.29) is 0 Å². The molecule has 0 radical (unpaired) electrons. The quantitative estimate of drug-likeness (QED) is 0.193. The fourth-order valence-electron chi connectivity index (χ4n) is 3.22. The van der Waals surface area contributed by atoms with Crippen LogP contribution >= 0.6 is 0 Å². The zero-order valence-electron chi connectivity index (χ0n) is 16.2. The van der Waals surface area contributed by atoms with Crippen molar-refractivity contribution in [3.63, 3.8) is 0 Å². The van der Waals surface area contributed by atoms with E-state index in [9.17, 15) is 0 Å². The number of hydrogen-bond acceptors (Lipinski definition) is 1. The van der Waals surface area contributed by atoms with E-state index in [1.807, 2.05) is 0 Å². The van der Waals surface area contributed by atoms with E-state index in [0.29, 0.717) is 0 Å². The zero-order valence-corrected chi connectivity index (χ0v) is 16.2. The minimum atomic E-state index is 0.872. The Morgan fingerprint density at radius 1 is 0.478 bits per heavy atom. The summed E-state index contributed by atoms with van der Waals surface area (Å²) in [5.74, 6) is 0. The van der Waals surface area contributed by atoms with Gasteiger partial charge in [0.25, 0.3) is 0 Å². The molecule has 0 aromatic heterocycles. The zero-order chi connectivity index (χ0) is 16.8. The fraction of sp³-hybridized carbons (Fsp3) is 0.909. The van der Waals surface area contributed by atoms with E-state index in [1.165, 1.54) is 116 Å². The van der Waals surface area contributed by atoms with Gasteiger partial charge < -0.3 is 5.73 Å². The third-order valence-corrected chi connectivity index (χ3v) is 4.81. The minimum absolute atomic E-state index is 0.872. The van der Waals surface area contributed by atoms with Gasteiger partial charge in [0.05, 0.1) is 0 Å². The second-order valence-corrected chi connectivity index (χ2v) is 7.16. The number of nitrogens with two attached hydrogens (primary N) is 1. The Balaban J connectivity index is 2.95. The lowest BCUT2D eigenvalue weighted by molar-refractivity contribution is 0.526. The third-order valence-electron chi connectivity index (χ3n) is 4.81. The molecule has 0 rings (SSSR count). The highest BCUT2D eigenvalue weighted by Crippen LogP contribution is 2.14. The molecular weight excluding hydrogens is 278 g/mol. The van der Waals surface area contributed by atoms with Crippen LogP contribution in [-0.4, -0.2) is 6.54 Å². The summed E-state index contributed by atoms with van der Waals surface area (Å²) in [5, 5.41) is 0.